The van der Waals surface area contributed by atoms with Crippen LogP contribution in [0.3, 0.4) is 0 Å². The van der Waals surface area contributed by atoms with Crippen LogP contribution in [0.1, 0.15) is 59.2 Å². The van der Waals surface area contributed by atoms with Gasteiger partial charge in [-0.1, -0.05) is 28.8 Å². The lowest BCUT2D eigenvalue weighted by Gasteiger charge is -2.20. The van der Waals surface area contributed by atoms with Crippen molar-refractivity contribution in [3.8, 4) is 0 Å². The number of nitrogens with one attached hydrogen (secondary N) is 1. The number of hydrogen-bond donors (Lipinski definition) is 1. The summed E-state index contributed by atoms with van der Waals surface area (Å²) in [4.78, 5) is 52.0. The van der Waals surface area contributed by atoms with Crippen LogP contribution in [0.25, 0.3) is 0 Å². The van der Waals surface area contributed by atoms with Gasteiger partial charge in [-0.25, -0.2) is 0 Å². The molecule has 1 aromatic carbocycles. The lowest BCUT2D eigenvalue weighted by atomic mass is 10.1. The van der Waals surface area contributed by atoms with Crippen molar-refractivity contribution in [3.63, 3.8) is 0 Å². The van der Waals surface area contributed by atoms with E-state index in [4.69, 9.17) is 0 Å². The van der Waals surface area contributed by atoms with Crippen LogP contribution in [-0.2, 0) is 9.59 Å². The summed E-state index contributed by atoms with van der Waals surface area (Å²) in [5, 5.41) is 2.71. The summed E-state index contributed by atoms with van der Waals surface area (Å²) in [5.41, 5.74) is 0.708. The van der Waals surface area contributed by atoms with Crippen molar-refractivity contribution in [2.75, 3.05) is 26.2 Å². The minimum Gasteiger partial charge on any atom is -0.356 e. The number of fused-ring (bicyclic) bond motifs is 1. The molecule has 2 aliphatic heterocycles. The summed E-state index contributed by atoms with van der Waals surface area (Å²) < 4.78 is 0.723. The lowest BCUT2D eigenvalue weighted by Crippen LogP contribution is -2.37. The number of likely N-dealkylation sites (tertiary alicyclic amines) is 1. The van der Waals surface area contributed by atoms with Crippen LogP contribution in [0.15, 0.2) is 22.7 Å². The molecule has 1 saturated heterocycles. The Labute approximate surface area is 172 Å². The Balaban J connectivity index is 1.42. The monoisotopic (exact) mass is 449 g/mol. The van der Waals surface area contributed by atoms with Gasteiger partial charge in [0.25, 0.3) is 11.8 Å². The molecule has 1 fully saturated rings. The van der Waals surface area contributed by atoms with E-state index in [9.17, 15) is 19.2 Å². The molecular weight excluding hydrogens is 426 g/mol. The third kappa shape index (κ3) is 4.79. The van der Waals surface area contributed by atoms with Gasteiger partial charge < -0.3 is 10.2 Å². The van der Waals surface area contributed by atoms with E-state index in [1.807, 2.05) is 4.90 Å². The van der Waals surface area contributed by atoms with Crippen molar-refractivity contribution in [2.45, 2.75) is 38.5 Å². The number of nitrogens with zero attached hydrogens (tertiary/aromatic N) is 2. The van der Waals surface area contributed by atoms with Gasteiger partial charge in [0.05, 0.1) is 11.1 Å². The molecule has 0 bridgehead atoms. The molecule has 7 nitrogen and oxygen atoms in total. The molecule has 4 amide bonds. The molecule has 0 aliphatic carbocycles. The van der Waals surface area contributed by atoms with Crippen LogP contribution in [0.5, 0.6) is 0 Å². The third-order valence-electron chi connectivity index (χ3n) is 5.12. The van der Waals surface area contributed by atoms with Crippen molar-refractivity contribution in [1.29, 1.82) is 0 Å². The standard InChI is InChI=1S/C20H24BrN3O4/c21-14-5-6-15-16(13-14)20(28)24(19(15)27)12-8-17(25)22-9-7-18(26)23-10-3-1-2-4-11-23/h5-6,13H,1-4,7-12H2,(H,22,25). The number of hydrogen-bond acceptors (Lipinski definition) is 4. The van der Waals surface area contributed by atoms with Gasteiger partial charge in [-0.15, -0.1) is 0 Å². The quantitative estimate of drug-likeness (QED) is 0.675. The van der Waals surface area contributed by atoms with E-state index in [2.05, 4.69) is 21.2 Å². The van der Waals surface area contributed by atoms with Crippen LogP contribution in [0.4, 0.5) is 0 Å². The van der Waals surface area contributed by atoms with Crippen LogP contribution < -0.4 is 5.32 Å². The maximum atomic E-state index is 12.4. The maximum Gasteiger partial charge on any atom is 0.261 e. The average molecular weight is 450 g/mol. The molecule has 0 spiro atoms. The number of amides is 4. The Hall–Kier alpha value is -2.22. The van der Waals surface area contributed by atoms with Gasteiger partial charge in [-0.2, -0.15) is 0 Å². The van der Waals surface area contributed by atoms with Crippen LogP contribution in [0.2, 0.25) is 0 Å². The first-order chi connectivity index (χ1) is 13.5. The highest BCUT2D eigenvalue weighted by Gasteiger charge is 2.35. The molecule has 28 heavy (non-hydrogen) atoms. The van der Waals surface area contributed by atoms with Crippen molar-refractivity contribution in [3.05, 3.63) is 33.8 Å². The van der Waals surface area contributed by atoms with Gasteiger partial charge >= 0.3 is 0 Å². The van der Waals surface area contributed by atoms with E-state index in [-0.39, 0.29) is 49.6 Å². The fourth-order valence-corrected chi connectivity index (χ4v) is 3.92. The van der Waals surface area contributed by atoms with E-state index < -0.39 is 0 Å². The predicted molar refractivity (Wildman–Crippen MR) is 107 cm³/mol. The molecule has 0 radical (unpaired) electrons. The fraction of sp³-hybridized carbons (Fsp3) is 0.500. The number of imide groups is 1. The minimum atomic E-state index is -0.384. The first-order valence-electron chi connectivity index (χ1n) is 9.67. The highest BCUT2D eigenvalue weighted by Crippen LogP contribution is 2.26. The van der Waals surface area contributed by atoms with Gasteiger partial charge in [0, 0.05) is 43.5 Å². The van der Waals surface area contributed by atoms with E-state index in [1.54, 1.807) is 18.2 Å². The first kappa shape index (κ1) is 20.5. The Morgan fingerprint density at radius 2 is 1.64 bits per heavy atom. The summed E-state index contributed by atoms with van der Waals surface area (Å²) in [6.45, 7) is 1.88. The van der Waals surface area contributed by atoms with Gasteiger partial charge in [0.2, 0.25) is 11.8 Å². The van der Waals surface area contributed by atoms with Gasteiger partial charge in [-0.05, 0) is 31.0 Å². The molecule has 8 heteroatoms. The van der Waals surface area contributed by atoms with E-state index >= 15 is 0 Å². The second-order valence-corrected chi connectivity index (χ2v) is 8.01. The number of benzene rings is 1. The van der Waals surface area contributed by atoms with E-state index in [0.29, 0.717) is 11.1 Å². The highest BCUT2D eigenvalue weighted by atomic mass is 79.9. The van der Waals surface area contributed by atoms with Crippen LogP contribution in [-0.4, -0.2) is 59.6 Å². The van der Waals surface area contributed by atoms with Gasteiger partial charge in [-0.3, -0.25) is 24.1 Å². The Morgan fingerprint density at radius 3 is 2.36 bits per heavy atom. The Morgan fingerprint density at radius 1 is 0.964 bits per heavy atom. The van der Waals surface area contributed by atoms with Crippen molar-refractivity contribution < 1.29 is 19.2 Å². The summed E-state index contributed by atoms with van der Waals surface area (Å²) >= 11 is 3.29. The second-order valence-electron chi connectivity index (χ2n) is 7.10. The molecule has 1 aromatic rings. The number of rotatable bonds is 6. The molecule has 0 unspecified atom stereocenters. The highest BCUT2D eigenvalue weighted by molar-refractivity contribution is 9.10. The van der Waals surface area contributed by atoms with Crippen LogP contribution in [0, 0.1) is 0 Å². The molecule has 0 atom stereocenters. The summed E-state index contributed by atoms with van der Waals surface area (Å²) in [6.07, 6.45) is 4.69. The molecule has 1 N–H and O–H groups in total. The predicted octanol–water partition coefficient (Wildman–Crippen LogP) is 2.34. The summed E-state index contributed by atoms with van der Waals surface area (Å²) in [6, 6.07) is 4.93. The van der Waals surface area contributed by atoms with Crippen molar-refractivity contribution >= 4 is 39.6 Å². The molecule has 150 valence electrons. The molecule has 2 aliphatic rings. The zero-order valence-electron chi connectivity index (χ0n) is 15.7. The molecule has 0 saturated carbocycles. The molecular formula is C20H24BrN3O4. The lowest BCUT2D eigenvalue weighted by molar-refractivity contribution is -0.131. The maximum absolute atomic E-state index is 12.4. The smallest absolute Gasteiger partial charge is 0.261 e. The minimum absolute atomic E-state index is 0.0184. The largest absolute Gasteiger partial charge is 0.356 e. The van der Waals surface area contributed by atoms with E-state index in [0.717, 1.165) is 48.1 Å². The fourth-order valence-electron chi connectivity index (χ4n) is 3.55. The average Bonchev–Trinajstić information content (AvgIpc) is 2.87. The molecule has 0 aromatic heterocycles. The normalized spacial score (nSPS) is 16.8. The number of carbonyl (C=O) groups is 4. The number of carbonyl (C=O) groups excluding carboxylic acids is 4. The Kier molecular flexibility index (Phi) is 6.83. The van der Waals surface area contributed by atoms with Gasteiger partial charge in [0.15, 0.2) is 0 Å². The second kappa shape index (κ2) is 9.32. The first-order valence-corrected chi connectivity index (χ1v) is 10.5. The molecule has 3 rings (SSSR count). The number of halogens is 1. The zero-order chi connectivity index (χ0) is 20.1. The zero-order valence-corrected chi connectivity index (χ0v) is 17.3. The third-order valence-corrected chi connectivity index (χ3v) is 5.61. The van der Waals surface area contributed by atoms with Crippen molar-refractivity contribution in [1.82, 2.24) is 15.1 Å². The topological polar surface area (TPSA) is 86.8 Å². The molecule has 2 heterocycles. The van der Waals surface area contributed by atoms with Crippen LogP contribution >= 0.6 is 15.9 Å². The van der Waals surface area contributed by atoms with E-state index in [1.165, 1.54) is 0 Å². The SMILES string of the molecule is O=C(CCN1C(=O)c2ccc(Br)cc2C1=O)NCCC(=O)N1CCCCCC1. The Bertz CT molecular complexity index is 788. The van der Waals surface area contributed by atoms with Crippen molar-refractivity contribution in [2.24, 2.45) is 0 Å². The summed E-state index contributed by atoms with van der Waals surface area (Å²) in [5.74, 6) is -0.975. The van der Waals surface area contributed by atoms with Gasteiger partial charge in [0.1, 0.15) is 0 Å². The summed E-state index contributed by atoms with van der Waals surface area (Å²) in [7, 11) is 0.